The minimum Gasteiger partial charge on any atom is -0.269 e. The lowest BCUT2D eigenvalue weighted by atomic mass is 10.3. The summed E-state index contributed by atoms with van der Waals surface area (Å²) in [5.74, 6) is -10.2. The summed E-state index contributed by atoms with van der Waals surface area (Å²) in [6.45, 7) is 0. The molecule has 0 aliphatic heterocycles. The minimum absolute atomic E-state index is 0. The maximum absolute atomic E-state index is 12.3. The number of rotatable bonds is 0. The first-order valence-corrected chi connectivity index (χ1v) is 3.06. The fraction of sp³-hybridized carbons (Fsp3) is 0. The molecule has 0 bridgehead atoms. The summed E-state index contributed by atoms with van der Waals surface area (Å²) in [5.41, 5.74) is 0. The monoisotopic (exact) mass is 315 g/mol. The Morgan fingerprint density at radius 1 is 0.529 bits per heavy atom. The molecule has 1 rings (SSSR count). The van der Waals surface area contributed by atoms with Crippen molar-refractivity contribution < 1.29 is 40.8 Å². The predicted molar refractivity (Wildman–Crippen MR) is 49.3 cm³/mol. The zero-order valence-corrected chi connectivity index (χ0v) is 8.97. The van der Waals surface area contributed by atoms with E-state index in [9.17, 15) is 22.0 Å². The second kappa shape index (κ2) is 10.3. The summed E-state index contributed by atoms with van der Waals surface area (Å²) in [6.07, 6.45) is 0. The van der Waals surface area contributed by atoms with E-state index in [0.29, 0.717) is 0 Å². The first kappa shape index (κ1) is 29.8. The van der Waals surface area contributed by atoms with E-state index >= 15 is 0 Å². The van der Waals surface area contributed by atoms with Crippen molar-refractivity contribution in [2.24, 2.45) is 0 Å². The van der Waals surface area contributed by atoms with Crippen LogP contribution in [-0.4, -0.2) is 0 Å². The lowest BCUT2D eigenvalue weighted by Crippen LogP contribution is -2.01. The Hall–Kier alpha value is -0.900. The summed E-state index contributed by atoms with van der Waals surface area (Å²) in [4.78, 5) is -1.29. The van der Waals surface area contributed by atoms with E-state index in [0.717, 1.165) is 0 Å². The third kappa shape index (κ3) is 4.86. The van der Waals surface area contributed by atoms with Crippen LogP contribution in [-0.2, 0) is 0 Å². The van der Waals surface area contributed by atoms with Gasteiger partial charge in [-0.3, -0.25) is 18.8 Å². The van der Waals surface area contributed by atoms with E-state index in [4.69, 9.17) is 0 Å². The molecule has 0 unspecified atom stereocenters. The normalized spacial score (nSPS) is 7.35. The Kier molecular flexibility index (Phi) is 18.0. The van der Waals surface area contributed by atoms with Gasteiger partial charge in [-0.15, -0.1) is 12.4 Å². The van der Waals surface area contributed by atoms with Gasteiger partial charge in [0.2, 0.25) is 5.82 Å². The zero-order chi connectivity index (χ0) is 9.46. The van der Waals surface area contributed by atoms with Gasteiger partial charge in [0.15, 0.2) is 23.3 Å². The van der Waals surface area contributed by atoms with E-state index in [2.05, 4.69) is 12.6 Å². The Balaban J connectivity index is -0.0000000960. The molecule has 0 spiro atoms. The van der Waals surface area contributed by atoms with Crippen molar-refractivity contribution in [2.45, 2.75) is 4.90 Å². The third-order valence-electron chi connectivity index (χ3n) is 1.17. The van der Waals surface area contributed by atoms with Crippen LogP contribution in [0.1, 0.15) is 0 Å². The van der Waals surface area contributed by atoms with Gasteiger partial charge in [-0.1, -0.05) is 12.6 Å². The third-order valence-corrected chi connectivity index (χ3v) is 1.53. The molecule has 17 heavy (non-hydrogen) atoms. The summed E-state index contributed by atoms with van der Waals surface area (Å²) < 4.78 is 61.2. The van der Waals surface area contributed by atoms with Crippen molar-refractivity contribution in [3.05, 3.63) is 29.1 Å². The number of halogens is 10. The van der Waals surface area contributed by atoms with Gasteiger partial charge in [-0.05, 0) is 0 Å². The van der Waals surface area contributed by atoms with E-state index < -0.39 is 34.0 Å². The highest BCUT2D eigenvalue weighted by Crippen LogP contribution is 2.24. The van der Waals surface area contributed by atoms with Crippen molar-refractivity contribution in [2.75, 3.05) is 0 Å². The Labute approximate surface area is 100 Å². The number of hydrogen-bond acceptors (Lipinski definition) is 0. The highest BCUT2D eigenvalue weighted by atomic mass is 35.5. The van der Waals surface area contributed by atoms with Gasteiger partial charge >= 0.3 is 0 Å². The highest BCUT2D eigenvalue weighted by Gasteiger charge is 2.24. The molecule has 0 aliphatic rings. The Bertz CT molecular complexity index is 240. The van der Waals surface area contributed by atoms with Gasteiger partial charge in [0.05, 0.1) is 0 Å². The van der Waals surface area contributed by atoms with Crippen LogP contribution in [0.5, 0.6) is 0 Å². The second-order valence-electron chi connectivity index (χ2n) is 1.90. The topological polar surface area (TPSA) is 0 Å². The lowest BCUT2D eigenvalue weighted by Gasteiger charge is -2.00. The van der Waals surface area contributed by atoms with E-state index in [1.54, 1.807) is 0 Å². The first-order chi connectivity index (χ1) is 5.46. The van der Waals surface area contributed by atoms with Gasteiger partial charge in [0, 0.05) is 0 Å². The van der Waals surface area contributed by atoms with Crippen LogP contribution in [0.2, 0.25) is 0 Å². The highest BCUT2D eigenvalue weighted by molar-refractivity contribution is 7.80. The molecule has 105 valence electrons. The molecular formula is C6H5ClF9S. The molecule has 0 fully saturated rings. The van der Waals surface area contributed by atoms with Crippen molar-refractivity contribution >= 4 is 25.0 Å². The van der Waals surface area contributed by atoms with Gasteiger partial charge in [0.25, 0.3) is 0 Å². The van der Waals surface area contributed by atoms with Crippen LogP contribution in [0.25, 0.3) is 0 Å². The van der Waals surface area contributed by atoms with Crippen molar-refractivity contribution in [3.63, 3.8) is 0 Å². The van der Waals surface area contributed by atoms with Crippen molar-refractivity contribution in [3.8, 4) is 0 Å². The average molecular weight is 316 g/mol. The van der Waals surface area contributed by atoms with E-state index in [-0.39, 0.29) is 31.2 Å². The molecule has 11 heteroatoms. The van der Waals surface area contributed by atoms with Gasteiger partial charge in [-0.2, -0.15) is 0 Å². The SMILES string of the molecule is Cl.F.F.F.F.Fc1c(F)c(F)c([S])c(F)c1F. The maximum Gasteiger partial charge on any atom is 0.200 e. The lowest BCUT2D eigenvalue weighted by molar-refractivity contribution is 0.361. The second-order valence-corrected chi connectivity index (χ2v) is 2.31. The molecule has 0 atom stereocenters. The number of benzene rings is 1. The van der Waals surface area contributed by atoms with Crippen LogP contribution < -0.4 is 0 Å². The molecule has 0 N–H and O–H groups in total. The standard InChI is InChI=1S/C6F5S.ClH.4FH/c7-1-2(8)4(10)6(12)5(11)3(1)9;;;;;/h;5*1H. The molecule has 0 aliphatic carbocycles. The molecule has 1 aromatic carbocycles. The molecular weight excluding hydrogens is 311 g/mol. The van der Waals surface area contributed by atoms with Crippen molar-refractivity contribution in [1.29, 1.82) is 0 Å². The van der Waals surface area contributed by atoms with E-state index in [1.165, 1.54) is 0 Å². The van der Waals surface area contributed by atoms with Crippen LogP contribution >= 0.6 is 25.0 Å². The van der Waals surface area contributed by atoms with Gasteiger partial charge < -0.3 is 0 Å². The van der Waals surface area contributed by atoms with E-state index in [1.807, 2.05) is 0 Å². The quantitative estimate of drug-likeness (QED) is 0.386. The minimum atomic E-state index is -2.20. The predicted octanol–water partition coefficient (Wildman–Crippen LogP) is 3.97. The van der Waals surface area contributed by atoms with Crippen LogP contribution in [0.3, 0.4) is 0 Å². The van der Waals surface area contributed by atoms with Crippen LogP contribution in [0.4, 0.5) is 40.8 Å². The zero-order valence-electron chi connectivity index (χ0n) is 7.34. The number of hydrogen-bond donors (Lipinski definition) is 0. The Morgan fingerprint density at radius 3 is 0.941 bits per heavy atom. The molecule has 0 heterocycles. The first-order valence-electron chi connectivity index (χ1n) is 2.65. The average Bonchev–Trinajstić information content (AvgIpc) is 2.08. The maximum atomic E-state index is 12.3. The molecule has 1 radical (unpaired) electrons. The molecule has 1 aromatic rings. The fourth-order valence-electron chi connectivity index (χ4n) is 0.585. The summed E-state index contributed by atoms with van der Waals surface area (Å²) >= 11 is 3.93. The molecule has 0 saturated carbocycles. The van der Waals surface area contributed by atoms with Crippen LogP contribution in [0, 0.1) is 29.1 Å². The summed E-state index contributed by atoms with van der Waals surface area (Å²) in [7, 11) is 0. The van der Waals surface area contributed by atoms with Gasteiger partial charge in [-0.25, -0.2) is 22.0 Å². The largest absolute Gasteiger partial charge is 0.269 e. The molecule has 0 nitrogen and oxygen atoms in total. The smallest absolute Gasteiger partial charge is 0.200 e. The summed E-state index contributed by atoms with van der Waals surface area (Å²) in [5, 5.41) is 0. The van der Waals surface area contributed by atoms with Crippen LogP contribution in [0.15, 0.2) is 4.90 Å². The van der Waals surface area contributed by atoms with Gasteiger partial charge in [0.1, 0.15) is 4.90 Å². The molecule has 0 amide bonds. The summed E-state index contributed by atoms with van der Waals surface area (Å²) in [6, 6.07) is 0. The fourth-order valence-corrected chi connectivity index (χ4v) is 0.764. The molecule has 0 saturated heterocycles. The van der Waals surface area contributed by atoms with Crippen molar-refractivity contribution in [1.82, 2.24) is 0 Å². The molecule has 0 aromatic heterocycles. The Morgan fingerprint density at radius 2 is 0.706 bits per heavy atom.